The summed E-state index contributed by atoms with van der Waals surface area (Å²) in [4.78, 5) is 15.3. The maximum atomic E-state index is 12.2. The highest BCUT2D eigenvalue weighted by molar-refractivity contribution is 5.99. The first-order chi connectivity index (χ1) is 9.52. The molecule has 0 saturated heterocycles. The molecule has 0 aliphatic carbocycles. The standard InChI is InChI=1S/C17H14N2O/c1-9-4-12-5-16-15(6-14(12)11(3)10(9)2)17(20)13(7-18)8-19-16/h4-6,8H,1-3H3,(H,19,20). The summed E-state index contributed by atoms with van der Waals surface area (Å²) in [6.45, 7) is 6.25. The van der Waals surface area contributed by atoms with Crippen molar-refractivity contribution in [3.05, 3.63) is 56.9 Å². The van der Waals surface area contributed by atoms with Crippen LogP contribution in [-0.2, 0) is 0 Å². The third-order valence-electron chi connectivity index (χ3n) is 4.10. The molecule has 0 amide bonds. The van der Waals surface area contributed by atoms with E-state index in [9.17, 15) is 4.79 Å². The fourth-order valence-electron chi connectivity index (χ4n) is 2.65. The molecule has 3 heteroatoms. The van der Waals surface area contributed by atoms with Gasteiger partial charge in [-0.05, 0) is 60.4 Å². The molecular weight excluding hydrogens is 248 g/mol. The first kappa shape index (κ1) is 12.4. The van der Waals surface area contributed by atoms with Gasteiger partial charge in [-0.1, -0.05) is 6.07 Å². The number of nitrogens with zero attached hydrogens (tertiary/aromatic N) is 1. The first-order valence-corrected chi connectivity index (χ1v) is 6.49. The highest BCUT2D eigenvalue weighted by atomic mass is 16.1. The van der Waals surface area contributed by atoms with Crippen molar-refractivity contribution >= 4 is 21.7 Å². The van der Waals surface area contributed by atoms with Gasteiger partial charge in [-0.25, -0.2) is 0 Å². The van der Waals surface area contributed by atoms with E-state index in [1.165, 1.54) is 22.9 Å². The molecule has 3 aromatic rings. The van der Waals surface area contributed by atoms with Gasteiger partial charge in [-0.2, -0.15) is 5.26 Å². The number of aromatic nitrogens is 1. The Hall–Kier alpha value is -2.60. The van der Waals surface area contributed by atoms with Crippen molar-refractivity contribution in [2.24, 2.45) is 0 Å². The van der Waals surface area contributed by atoms with Crippen LogP contribution < -0.4 is 5.43 Å². The average Bonchev–Trinajstić information content (AvgIpc) is 2.44. The van der Waals surface area contributed by atoms with E-state index in [1.54, 1.807) is 0 Å². The minimum atomic E-state index is -0.208. The average molecular weight is 262 g/mol. The van der Waals surface area contributed by atoms with Gasteiger partial charge in [-0.3, -0.25) is 4.79 Å². The lowest BCUT2D eigenvalue weighted by molar-refractivity contribution is 1.29. The largest absolute Gasteiger partial charge is 0.360 e. The third kappa shape index (κ3) is 1.62. The molecule has 0 fully saturated rings. The molecule has 0 bridgehead atoms. The third-order valence-corrected chi connectivity index (χ3v) is 4.10. The molecule has 20 heavy (non-hydrogen) atoms. The SMILES string of the molecule is Cc1cc2cc3[nH]cc(C#N)c(=O)c3cc2c(C)c1C. The molecule has 0 radical (unpaired) electrons. The highest BCUT2D eigenvalue weighted by Gasteiger charge is 2.09. The van der Waals surface area contributed by atoms with Gasteiger partial charge in [0.25, 0.3) is 0 Å². The zero-order valence-electron chi connectivity index (χ0n) is 11.7. The van der Waals surface area contributed by atoms with Crippen LogP contribution in [0.5, 0.6) is 0 Å². The van der Waals surface area contributed by atoms with Gasteiger partial charge in [0.2, 0.25) is 5.43 Å². The van der Waals surface area contributed by atoms with Crippen LogP contribution in [-0.4, -0.2) is 4.98 Å². The maximum Gasteiger partial charge on any atom is 0.207 e. The number of hydrogen-bond donors (Lipinski definition) is 1. The second kappa shape index (κ2) is 4.21. The number of benzene rings is 2. The van der Waals surface area contributed by atoms with E-state index in [-0.39, 0.29) is 11.0 Å². The molecule has 0 spiro atoms. The molecule has 2 aromatic carbocycles. The normalized spacial score (nSPS) is 10.9. The summed E-state index contributed by atoms with van der Waals surface area (Å²) in [7, 11) is 0. The van der Waals surface area contributed by atoms with Crippen LogP contribution in [0.1, 0.15) is 22.3 Å². The number of fused-ring (bicyclic) bond motifs is 2. The van der Waals surface area contributed by atoms with Gasteiger partial charge >= 0.3 is 0 Å². The van der Waals surface area contributed by atoms with Crippen molar-refractivity contribution in [3.63, 3.8) is 0 Å². The highest BCUT2D eigenvalue weighted by Crippen LogP contribution is 2.27. The van der Waals surface area contributed by atoms with Crippen molar-refractivity contribution in [2.75, 3.05) is 0 Å². The van der Waals surface area contributed by atoms with Gasteiger partial charge in [0.05, 0.1) is 0 Å². The van der Waals surface area contributed by atoms with Crippen molar-refractivity contribution in [3.8, 4) is 6.07 Å². The summed E-state index contributed by atoms with van der Waals surface area (Å²) < 4.78 is 0. The van der Waals surface area contributed by atoms with E-state index in [2.05, 4.69) is 31.8 Å². The van der Waals surface area contributed by atoms with E-state index in [0.29, 0.717) is 5.39 Å². The van der Waals surface area contributed by atoms with Crippen molar-refractivity contribution < 1.29 is 0 Å². The Morgan fingerprint density at radius 2 is 1.80 bits per heavy atom. The summed E-state index contributed by atoms with van der Waals surface area (Å²) in [6.07, 6.45) is 1.48. The molecule has 98 valence electrons. The summed E-state index contributed by atoms with van der Waals surface area (Å²) >= 11 is 0. The Morgan fingerprint density at radius 3 is 2.50 bits per heavy atom. The fourth-order valence-corrected chi connectivity index (χ4v) is 2.65. The molecule has 3 rings (SSSR count). The molecule has 0 unspecified atom stereocenters. The summed E-state index contributed by atoms with van der Waals surface area (Å²) in [5.41, 5.74) is 4.38. The predicted molar refractivity (Wildman–Crippen MR) is 81.0 cm³/mol. The second-order valence-electron chi connectivity index (χ2n) is 5.21. The summed E-state index contributed by atoms with van der Waals surface area (Å²) in [6, 6.07) is 7.93. The van der Waals surface area contributed by atoms with Crippen LogP contribution >= 0.6 is 0 Å². The molecule has 0 aliphatic heterocycles. The molecular formula is C17H14N2O. The number of rotatable bonds is 0. The Balaban J connectivity index is 2.55. The molecule has 0 atom stereocenters. The number of hydrogen-bond acceptors (Lipinski definition) is 2. The van der Waals surface area contributed by atoms with Crippen LogP contribution in [0.2, 0.25) is 0 Å². The van der Waals surface area contributed by atoms with Gasteiger partial charge in [-0.15, -0.1) is 0 Å². The van der Waals surface area contributed by atoms with Gasteiger partial charge in [0, 0.05) is 17.1 Å². The number of nitriles is 1. The minimum absolute atomic E-state index is 0.151. The lowest BCUT2D eigenvalue weighted by Gasteiger charge is -2.10. The number of nitrogens with one attached hydrogen (secondary N) is 1. The van der Waals surface area contributed by atoms with Gasteiger partial charge in [0.15, 0.2) is 0 Å². The lowest BCUT2D eigenvalue weighted by atomic mass is 9.95. The second-order valence-corrected chi connectivity index (χ2v) is 5.21. The molecule has 1 heterocycles. The molecule has 0 aliphatic rings. The van der Waals surface area contributed by atoms with Crippen molar-refractivity contribution in [1.82, 2.24) is 4.98 Å². The maximum absolute atomic E-state index is 12.2. The van der Waals surface area contributed by atoms with Crippen LogP contribution in [0.3, 0.4) is 0 Å². The van der Waals surface area contributed by atoms with Gasteiger partial charge < -0.3 is 4.98 Å². The smallest absolute Gasteiger partial charge is 0.207 e. The Labute approximate surface area is 116 Å². The van der Waals surface area contributed by atoms with Crippen LogP contribution in [0, 0.1) is 32.1 Å². The van der Waals surface area contributed by atoms with E-state index >= 15 is 0 Å². The first-order valence-electron chi connectivity index (χ1n) is 6.49. The molecule has 3 nitrogen and oxygen atoms in total. The van der Waals surface area contributed by atoms with Crippen molar-refractivity contribution in [2.45, 2.75) is 20.8 Å². The van der Waals surface area contributed by atoms with Crippen molar-refractivity contribution in [1.29, 1.82) is 5.26 Å². The van der Waals surface area contributed by atoms with Crippen LogP contribution in [0.4, 0.5) is 0 Å². The molecule has 1 aromatic heterocycles. The predicted octanol–water partition coefficient (Wildman–Crippen LogP) is 3.48. The monoisotopic (exact) mass is 262 g/mol. The zero-order valence-corrected chi connectivity index (χ0v) is 11.7. The quantitative estimate of drug-likeness (QED) is 0.630. The number of aromatic amines is 1. The number of pyridine rings is 1. The lowest BCUT2D eigenvalue weighted by Crippen LogP contribution is -2.07. The van der Waals surface area contributed by atoms with E-state index in [0.717, 1.165) is 16.3 Å². The van der Waals surface area contributed by atoms with Crippen LogP contribution in [0.25, 0.3) is 21.7 Å². The Kier molecular flexibility index (Phi) is 2.62. The number of H-pyrrole nitrogens is 1. The minimum Gasteiger partial charge on any atom is -0.360 e. The summed E-state index contributed by atoms with van der Waals surface area (Å²) in [5.74, 6) is 0. The Bertz CT molecular complexity index is 959. The fraction of sp³-hybridized carbons (Fsp3) is 0.176. The van der Waals surface area contributed by atoms with E-state index < -0.39 is 0 Å². The Morgan fingerprint density at radius 1 is 1.05 bits per heavy atom. The summed E-state index contributed by atoms with van der Waals surface area (Å²) in [5, 5.41) is 11.7. The molecule has 1 N–H and O–H groups in total. The van der Waals surface area contributed by atoms with Gasteiger partial charge in [0.1, 0.15) is 11.6 Å². The zero-order chi connectivity index (χ0) is 14.4. The van der Waals surface area contributed by atoms with Crippen LogP contribution in [0.15, 0.2) is 29.2 Å². The topological polar surface area (TPSA) is 56.6 Å². The number of aryl methyl sites for hydroxylation is 2. The van der Waals surface area contributed by atoms with E-state index in [1.807, 2.05) is 18.2 Å². The van der Waals surface area contributed by atoms with E-state index in [4.69, 9.17) is 5.26 Å². The molecule has 0 saturated carbocycles.